The first-order chi connectivity index (χ1) is 16.4. The van der Waals surface area contributed by atoms with Crippen molar-refractivity contribution in [2.75, 3.05) is 0 Å². The summed E-state index contributed by atoms with van der Waals surface area (Å²) < 4.78 is 18.3. The van der Waals surface area contributed by atoms with Gasteiger partial charge in [-0.1, -0.05) is 31.6 Å². The zero-order chi connectivity index (χ0) is 25.0. The number of fused-ring (bicyclic) bond motifs is 3. The van der Waals surface area contributed by atoms with E-state index in [4.69, 9.17) is 14.2 Å². The van der Waals surface area contributed by atoms with Gasteiger partial charge in [-0.15, -0.1) is 0 Å². The van der Waals surface area contributed by atoms with Gasteiger partial charge in [-0.2, -0.15) is 0 Å². The second-order valence-corrected chi connectivity index (χ2v) is 13.2. The van der Waals surface area contributed by atoms with E-state index in [1.807, 2.05) is 13.0 Å². The maximum absolute atomic E-state index is 12.4. The van der Waals surface area contributed by atoms with E-state index in [1.54, 1.807) is 0 Å². The summed E-state index contributed by atoms with van der Waals surface area (Å²) in [6.07, 6.45) is 9.87. The largest absolute Gasteiger partial charge is 0.458 e. The SMILES string of the molecule is CC1=CC[C@@H]([C@@H](C)[C@@H]2CC=C3[C@@H]4CC[C@H]5C(C)(C)O[C@@H]6CC(=O)O[C@@]65C[C@@]4(O)CC[C@@]32C)OC1=O. The van der Waals surface area contributed by atoms with Gasteiger partial charge in [-0.3, -0.25) is 4.79 Å². The normalized spacial score (nSPS) is 48.9. The van der Waals surface area contributed by atoms with E-state index in [1.165, 1.54) is 5.57 Å². The van der Waals surface area contributed by atoms with E-state index in [-0.39, 0.29) is 59.3 Å². The maximum Gasteiger partial charge on any atom is 0.333 e. The van der Waals surface area contributed by atoms with Crippen molar-refractivity contribution in [1.29, 1.82) is 0 Å². The third kappa shape index (κ3) is 3.21. The fraction of sp³-hybridized carbons (Fsp3) is 0.793. The second kappa shape index (κ2) is 7.44. The molecule has 3 aliphatic carbocycles. The Labute approximate surface area is 208 Å². The molecule has 0 bridgehead atoms. The molecular weight excluding hydrogens is 444 g/mol. The highest BCUT2D eigenvalue weighted by atomic mass is 16.6. The van der Waals surface area contributed by atoms with Gasteiger partial charge in [-0.05, 0) is 70.1 Å². The Bertz CT molecular complexity index is 1030. The summed E-state index contributed by atoms with van der Waals surface area (Å²) in [5.74, 6) is 0.376. The predicted molar refractivity (Wildman–Crippen MR) is 129 cm³/mol. The van der Waals surface area contributed by atoms with Crippen molar-refractivity contribution in [3.63, 3.8) is 0 Å². The molecule has 0 amide bonds. The van der Waals surface area contributed by atoms with Gasteiger partial charge in [0.25, 0.3) is 0 Å². The van der Waals surface area contributed by atoms with Crippen molar-refractivity contribution in [1.82, 2.24) is 0 Å². The van der Waals surface area contributed by atoms with Crippen LogP contribution in [0.1, 0.15) is 86.0 Å². The minimum absolute atomic E-state index is 0.0200. The molecule has 0 aromatic heterocycles. The van der Waals surface area contributed by atoms with Gasteiger partial charge in [0.2, 0.25) is 0 Å². The first-order valence-corrected chi connectivity index (χ1v) is 13.6. The zero-order valence-electron chi connectivity index (χ0n) is 21.8. The van der Waals surface area contributed by atoms with Gasteiger partial charge in [0.05, 0.1) is 17.6 Å². The molecule has 0 unspecified atom stereocenters. The van der Waals surface area contributed by atoms with E-state index >= 15 is 0 Å². The summed E-state index contributed by atoms with van der Waals surface area (Å²) in [6, 6.07) is 0. The minimum Gasteiger partial charge on any atom is -0.458 e. The van der Waals surface area contributed by atoms with E-state index in [0.29, 0.717) is 24.3 Å². The van der Waals surface area contributed by atoms with E-state index in [0.717, 1.165) is 32.1 Å². The van der Waals surface area contributed by atoms with Crippen LogP contribution in [-0.2, 0) is 23.8 Å². The Kier molecular flexibility index (Phi) is 5.04. The molecule has 9 atom stereocenters. The summed E-state index contributed by atoms with van der Waals surface area (Å²) >= 11 is 0. The summed E-state index contributed by atoms with van der Waals surface area (Å²) in [5, 5.41) is 12.3. The molecule has 1 N–H and O–H groups in total. The summed E-state index contributed by atoms with van der Waals surface area (Å²) in [4.78, 5) is 24.6. The van der Waals surface area contributed by atoms with Crippen LogP contribution in [0.3, 0.4) is 0 Å². The number of ether oxygens (including phenoxy) is 3. The van der Waals surface area contributed by atoms with Crippen LogP contribution in [0.15, 0.2) is 23.3 Å². The molecule has 1 spiro atoms. The van der Waals surface area contributed by atoms with Crippen molar-refractivity contribution < 1.29 is 28.9 Å². The lowest BCUT2D eigenvalue weighted by Crippen LogP contribution is -2.54. The molecule has 3 aliphatic heterocycles. The van der Waals surface area contributed by atoms with Gasteiger partial charge >= 0.3 is 11.9 Å². The fourth-order valence-electron chi connectivity index (χ4n) is 9.23. The molecule has 0 radical (unpaired) electrons. The van der Waals surface area contributed by atoms with Gasteiger partial charge in [0.15, 0.2) is 0 Å². The molecule has 4 fully saturated rings. The number of hydrogen-bond acceptors (Lipinski definition) is 6. The van der Waals surface area contributed by atoms with Crippen LogP contribution >= 0.6 is 0 Å². The number of allylic oxidation sites excluding steroid dienone is 1. The predicted octanol–water partition coefficient (Wildman–Crippen LogP) is 4.64. The lowest BCUT2D eigenvalue weighted by atomic mass is 9.55. The Morgan fingerprint density at radius 3 is 2.60 bits per heavy atom. The molecule has 2 saturated carbocycles. The molecule has 6 aliphatic rings. The molecule has 6 rings (SSSR count). The number of hydrogen-bond donors (Lipinski definition) is 1. The number of aliphatic hydroxyl groups is 1. The van der Waals surface area contributed by atoms with Crippen molar-refractivity contribution in [3.8, 4) is 0 Å². The van der Waals surface area contributed by atoms with Crippen LogP contribution in [0, 0.1) is 29.1 Å². The van der Waals surface area contributed by atoms with Crippen molar-refractivity contribution in [2.45, 2.75) is 115 Å². The molecule has 35 heavy (non-hydrogen) atoms. The maximum atomic E-state index is 12.4. The topological polar surface area (TPSA) is 82.1 Å². The van der Waals surface area contributed by atoms with Crippen molar-refractivity contribution in [3.05, 3.63) is 23.3 Å². The van der Waals surface area contributed by atoms with Gasteiger partial charge in [0.1, 0.15) is 17.8 Å². The molecule has 6 heteroatoms. The minimum atomic E-state index is -0.901. The second-order valence-electron chi connectivity index (χ2n) is 13.2. The molecule has 192 valence electrons. The highest BCUT2D eigenvalue weighted by molar-refractivity contribution is 5.88. The summed E-state index contributed by atoms with van der Waals surface area (Å²) in [5.41, 5.74) is 0.0673. The molecular formula is C29H40O6. The first kappa shape index (κ1) is 23.7. The van der Waals surface area contributed by atoms with Crippen LogP contribution in [-0.4, -0.2) is 46.1 Å². The van der Waals surface area contributed by atoms with E-state index in [2.05, 4.69) is 33.8 Å². The fourth-order valence-corrected chi connectivity index (χ4v) is 9.23. The molecule has 2 saturated heterocycles. The van der Waals surface area contributed by atoms with Crippen molar-refractivity contribution in [2.24, 2.45) is 29.1 Å². The smallest absolute Gasteiger partial charge is 0.333 e. The lowest BCUT2D eigenvalue weighted by molar-refractivity contribution is -0.162. The average Bonchev–Trinajstić information content (AvgIpc) is 3.29. The Balaban J connectivity index is 1.29. The van der Waals surface area contributed by atoms with Crippen LogP contribution in [0.5, 0.6) is 0 Å². The van der Waals surface area contributed by atoms with E-state index < -0.39 is 11.2 Å². The van der Waals surface area contributed by atoms with Crippen molar-refractivity contribution >= 4 is 11.9 Å². The van der Waals surface area contributed by atoms with Crippen LogP contribution < -0.4 is 0 Å². The highest BCUT2D eigenvalue weighted by Gasteiger charge is 2.70. The molecule has 6 nitrogen and oxygen atoms in total. The van der Waals surface area contributed by atoms with Gasteiger partial charge < -0.3 is 19.3 Å². The number of carbonyl (C=O) groups excluding carboxylic acids is 2. The summed E-state index contributed by atoms with van der Waals surface area (Å²) in [7, 11) is 0. The third-order valence-corrected chi connectivity index (χ3v) is 11.0. The van der Waals surface area contributed by atoms with Gasteiger partial charge in [0, 0.05) is 30.3 Å². The number of cyclic esters (lactones) is 1. The molecule has 0 aromatic carbocycles. The van der Waals surface area contributed by atoms with Crippen LogP contribution in [0.4, 0.5) is 0 Å². The third-order valence-electron chi connectivity index (χ3n) is 11.0. The Hall–Kier alpha value is -1.66. The van der Waals surface area contributed by atoms with Crippen LogP contribution in [0.2, 0.25) is 0 Å². The van der Waals surface area contributed by atoms with E-state index in [9.17, 15) is 14.7 Å². The number of carbonyl (C=O) groups is 2. The first-order valence-electron chi connectivity index (χ1n) is 13.6. The monoisotopic (exact) mass is 484 g/mol. The Morgan fingerprint density at radius 1 is 1.09 bits per heavy atom. The molecule has 3 heterocycles. The van der Waals surface area contributed by atoms with Gasteiger partial charge in [-0.25, -0.2) is 4.79 Å². The lowest BCUT2D eigenvalue weighted by Gasteiger charge is -2.52. The standard InChI is InChI=1S/C29H40O6/c1-16-6-10-21(33-25(16)31)17(2)18-7-8-19-20-9-11-22-26(3,4)34-23-14-24(30)35-29(22,23)15-28(20,32)13-12-27(18,19)5/h6,8,17-18,20-23,32H,7,9-15H2,1-5H3/t17-,18-,20-,21-,22-,23+,27+,28-,29+/m0/s1. The van der Waals surface area contributed by atoms with Crippen LogP contribution in [0.25, 0.3) is 0 Å². The average molecular weight is 485 g/mol. The quantitative estimate of drug-likeness (QED) is 0.454. The molecule has 0 aromatic rings. The highest BCUT2D eigenvalue weighted by Crippen LogP contribution is 2.66. The summed E-state index contributed by atoms with van der Waals surface area (Å²) in [6.45, 7) is 10.7. The number of esters is 2. The zero-order valence-corrected chi connectivity index (χ0v) is 21.8. The number of rotatable bonds is 2. The Morgan fingerprint density at radius 2 is 1.86 bits per heavy atom.